The average molecular weight is 1230 g/mol. The predicted octanol–water partition coefficient (Wildman–Crippen LogP) is 5.80. The summed E-state index contributed by atoms with van der Waals surface area (Å²) in [5, 5.41) is 22.8. The number of unbranched alkanes of at least 4 members (excludes halogenated alkanes) is 1. The standard InChI is InChI=1S/C63H74N9O13PS/c1-35-55(87-34-66-35)41-18-16-38(17-19-41)31-65-58(77)50-30-45(73)32-71(50)61(80)56(63(3,4)5)70-53(75)15-7-6-10-37-11-8-12-39(26-37)33-85-36(2)46(24-25-52(64)74)68-59(78)51-29-42-14-9-13-40-20-23-48(60(79)72(51)54(40)42)69-57(76)49-28-44-27-43(21-22-47(44)67-49)62(81)86(82,83)84/h8-9,11-14,16-19,21-22,26-28,34,36,45-46,48,50-51,56,67,73H,6-7,10,15,20,23-25,29-33H2,1-5H3,(H2,64,74)(H,65,77)(H,68,78)(H,69,76)(H,70,75)(H2,82,83,84)/t36-,45-,46+,48+,50+,51+,56-/m1/s1. The SMILES string of the molecule is Cc1ncsc1-c1ccc(CNC(=O)[C@@H]2C[C@@H](O)CN2C(=O)[C@@H](NC(=O)CCCCc2cccc(CO[C@H](C)[C@H](CCC(N)=O)NC(=O)[C@@H]3Cc4cccc5c4N3C(=O)[C@@H](NC(=O)c3cc4cc(C(=O)P(=O)(O)O)ccc4[nH]3)CC5)c2)C(C)(C)C)cc1. The first kappa shape index (κ1) is 63.6. The molecule has 0 aliphatic carbocycles. The van der Waals surface area contributed by atoms with Crippen molar-refractivity contribution in [2.75, 3.05) is 11.4 Å². The molecule has 9 rings (SSSR count). The number of aromatic amines is 1. The number of anilines is 1. The number of hydrogen-bond donors (Lipinski definition) is 9. The molecule has 0 bridgehead atoms. The number of thiazole rings is 1. The van der Waals surface area contributed by atoms with E-state index in [-0.39, 0.29) is 81.3 Å². The second-order valence-corrected chi connectivity index (χ2v) is 26.2. The van der Waals surface area contributed by atoms with E-state index < -0.39 is 90.5 Å². The molecule has 2 aromatic heterocycles. The summed E-state index contributed by atoms with van der Waals surface area (Å²) < 4.78 is 18.0. The summed E-state index contributed by atoms with van der Waals surface area (Å²) in [6, 6.07) is 21.9. The topological polar surface area (TPSA) is 333 Å². The molecule has 6 aromatic rings. The number of H-pyrrole nitrogens is 1. The Morgan fingerprint density at radius 1 is 0.885 bits per heavy atom. The molecular formula is C63H74N9O13PS. The third kappa shape index (κ3) is 15.3. The van der Waals surface area contributed by atoms with Crippen LogP contribution in [0.3, 0.4) is 0 Å². The van der Waals surface area contributed by atoms with Gasteiger partial charge in [0.05, 0.1) is 46.6 Å². The number of ether oxygens (including phenoxy) is 1. The van der Waals surface area contributed by atoms with Crippen molar-refractivity contribution in [3.05, 3.63) is 141 Å². The highest BCUT2D eigenvalue weighted by molar-refractivity contribution is 7.70. The van der Waals surface area contributed by atoms with E-state index >= 15 is 0 Å². The Morgan fingerprint density at radius 3 is 2.33 bits per heavy atom. The number of aliphatic hydroxyl groups is 1. The Kier molecular flexibility index (Phi) is 19.7. The number of primary amides is 1. The Labute approximate surface area is 507 Å². The summed E-state index contributed by atoms with van der Waals surface area (Å²) in [6.45, 7) is 9.61. The van der Waals surface area contributed by atoms with Crippen molar-refractivity contribution in [1.29, 1.82) is 0 Å². The van der Waals surface area contributed by atoms with Gasteiger partial charge in [-0.25, -0.2) is 4.98 Å². The number of nitrogens with one attached hydrogen (secondary N) is 5. The van der Waals surface area contributed by atoms with Gasteiger partial charge in [-0.3, -0.25) is 47.8 Å². The molecule has 7 amide bonds. The summed E-state index contributed by atoms with van der Waals surface area (Å²) in [7, 11) is -5.06. The minimum atomic E-state index is -5.06. The normalized spacial score (nSPS) is 18.6. The molecule has 460 valence electrons. The van der Waals surface area contributed by atoms with E-state index in [0.29, 0.717) is 42.3 Å². The Bertz CT molecular complexity index is 3650. The van der Waals surface area contributed by atoms with Crippen LogP contribution < -0.4 is 31.9 Å². The molecule has 0 spiro atoms. The van der Waals surface area contributed by atoms with Crippen LogP contribution in [0.2, 0.25) is 0 Å². The van der Waals surface area contributed by atoms with Crippen molar-refractivity contribution < 1.29 is 62.6 Å². The number of hydrogen-bond acceptors (Lipinski definition) is 13. The van der Waals surface area contributed by atoms with Gasteiger partial charge in [0.2, 0.25) is 35.4 Å². The number of amides is 7. The number of nitrogens with two attached hydrogens (primary N) is 1. The van der Waals surface area contributed by atoms with Crippen molar-refractivity contribution in [3.63, 3.8) is 0 Å². The van der Waals surface area contributed by atoms with Crippen LogP contribution >= 0.6 is 18.9 Å². The van der Waals surface area contributed by atoms with Crippen LogP contribution in [-0.2, 0) is 70.5 Å². The Balaban J connectivity index is 0.765. The third-order valence-corrected chi connectivity index (χ3v) is 18.1. The number of β-amino-alcohol motifs (C(OH)–C–C–N with tert-alkyl or cyclic N) is 1. The van der Waals surface area contributed by atoms with Crippen LogP contribution in [0.15, 0.2) is 96.5 Å². The van der Waals surface area contributed by atoms with Crippen LogP contribution in [0, 0.1) is 12.3 Å². The number of carbonyl (C=O) groups is 8. The van der Waals surface area contributed by atoms with E-state index in [1.165, 1.54) is 34.1 Å². The van der Waals surface area contributed by atoms with Crippen LogP contribution in [-0.4, -0.2) is 126 Å². The van der Waals surface area contributed by atoms with Gasteiger partial charge in [0.1, 0.15) is 29.9 Å². The minimum absolute atomic E-state index is 0.0345. The summed E-state index contributed by atoms with van der Waals surface area (Å²) in [5.74, 6) is -3.36. The second-order valence-electron chi connectivity index (χ2n) is 23.9. The maximum Gasteiger partial charge on any atom is 0.396 e. The molecule has 0 saturated carbocycles. The van der Waals surface area contributed by atoms with Crippen LogP contribution in [0.1, 0.15) is 127 Å². The van der Waals surface area contributed by atoms with Gasteiger partial charge in [0, 0.05) is 55.2 Å². The summed E-state index contributed by atoms with van der Waals surface area (Å²) in [6.07, 6.45) is 1.37. The number of carbonyl (C=O) groups excluding carboxylic acids is 8. The van der Waals surface area contributed by atoms with Gasteiger partial charge in [-0.15, -0.1) is 11.3 Å². The van der Waals surface area contributed by atoms with E-state index in [1.807, 2.05) is 94.4 Å². The van der Waals surface area contributed by atoms with Gasteiger partial charge in [-0.1, -0.05) is 87.5 Å². The number of aryl methyl sites for hydroxylation is 3. The fraction of sp³-hybridized carbons (Fsp3) is 0.413. The molecule has 5 heterocycles. The maximum absolute atomic E-state index is 14.6. The van der Waals surface area contributed by atoms with Gasteiger partial charge >= 0.3 is 7.60 Å². The van der Waals surface area contributed by atoms with Gasteiger partial charge in [-0.05, 0) is 115 Å². The monoisotopic (exact) mass is 1230 g/mol. The first-order valence-electron chi connectivity index (χ1n) is 29.1. The lowest BCUT2D eigenvalue weighted by Crippen LogP contribution is -2.57. The number of rotatable bonds is 24. The highest BCUT2D eigenvalue weighted by Crippen LogP contribution is 2.41. The quantitative estimate of drug-likeness (QED) is 0.0256. The molecule has 1 fully saturated rings. The number of aromatic nitrogens is 2. The lowest BCUT2D eigenvalue weighted by Gasteiger charge is -2.35. The molecule has 7 atom stereocenters. The number of para-hydroxylation sites is 1. The fourth-order valence-electron chi connectivity index (χ4n) is 11.6. The Hall–Kier alpha value is -7.92. The highest BCUT2D eigenvalue weighted by atomic mass is 32.1. The number of nitrogens with zero attached hydrogens (tertiary/aromatic N) is 3. The van der Waals surface area contributed by atoms with E-state index in [9.17, 15) is 57.8 Å². The minimum Gasteiger partial charge on any atom is -0.391 e. The molecule has 4 aromatic carbocycles. The molecule has 87 heavy (non-hydrogen) atoms. The molecule has 0 radical (unpaired) electrons. The van der Waals surface area contributed by atoms with Gasteiger partial charge in [-0.2, -0.15) is 0 Å². The maximum atomic E-state index is 14.6. The van der Waals surface area contributed by atoms with Crippen molar-refractivity contribution in [2.24, 2.45) is 11.1 Å². The summed E-state index contributed by atoms with van der Waals surface area (Å²) >= 11 is 1.56. The van der Waals surface area contributed by atoms with Crippen molar-refractivity contribution in [2.45, 2.75) is 154 Å². The molecule has 0 unspecified atom stereocenters. The van der Waals surface area contributed by atoms with Crippen LogP contribution in [0.5, 0.6) is 0 Å². The fourth-order valence-corrected chi connectivity index (χ4v) is 12.9. The molecule has 10 N–H and O–H groups in total. The number of likely N-dealkylation sites (tertiary alicyclic amines) is 1. The van der Waals surface area contributed by atoms with E-state index in [0.717, 1.165) is 44.0 Å². The summed E-state index contributed by atoms with van der Waals surface area (Å²) in [4.78, 5) is 139. The average Bonchev–Trinajstić information content (AvgIpc) is 1.73. The zero-order chi connectivity index (χ0) is 62.5. The predicted molar refractivity (Wildman–Crippen MR) is 326 cm³/mol. The van der Waals surface area contributed by atoms with Gasteiger partial charge in [0.15, 0.2) is 0 Å². The smallest absolute Gasteiger partial charge is 0.391 e. The molecule has 3 aliphatic heterocycles. The van der Waals surface area contributed by atoms with Crippen molar-refractivity contribution >= 4 is 82.4 Å². The second kappa shape index (κ2) is 27.0. The lowest BCUT2D eigenvalue weighted by molar-refractivity contribution is -0.144. The zero-order valence-electron chi connectivity index (χ0n) is 49.2. The zero-order valence-corrected chi connectivity index (χ0v) is 50.9. The van der Waals surface area contributed by atoms with Gasteiger partial charge < -0.3 is 56.5 Å². The Morgan fingerprint density at radius 2 is 1.62 bits per heavy atom. The number of fused-ring (bicyclic) bond motifs is 1. The number of aliphatic hydroxyl groups excluding tert-OH is 1. The van der Waals surface area contributed by atoms with Crippen LogP contribution in [0.4, 0.5) is 5.69 Å². The molecule has 24 heteroatoms. The molecule has 22 nitrogen and oxygen atoms in total. The van der Waals surface area contributed by atoms with Crippen LogP contribution in [0.25, 0.3) is 21.3 Å². The third-order valence-electron chi connectivity index (χ3n) is 16.3. The van der Waals surface area contributed by atoms with Crippen molar-refractivity contribution in [3.8, 4) is 10.4 Å². The first-order valence-corrected chi connectivity index (χ1v) is 31.6. The van der Waals surface area contributed by atoms with E-state index in [4.69, 9.17) is 10.5 Å². The lowest BCUT2D eigenvalue weighted by atomic mass is 9.85. The van der Waals surface area contributed by atoms with E-state index in [1.54, 1.807) is 23.8 Å². The highest BCUT2D eigenvalue weighted by Gasteiger charge is 2.46. The first-order chi connectivity index (χ1) is 41.3. The van der Waals surface area contributed by atoms with Crippen molar-refractivity contribution in [1.82, 2.24) is 36.1 Å². The number of benzene rings is 4. The van der Waals surface area contributed by atoms with Gasteiger partial charge in [0.25, 0.3) is 11.4 Å². The molecule has 1 saturated heterocycles. The molecule has 3 aliphatic rings. The van der Waals surface area contributed by atoms with E-state index in [2.05, 4.69) is 31.2 Å². The summed E-state index contributed by atoms with van der Waals surface area (Å²) in [5.41, 5.74) is 12.4. The molecular weight excluding hydrogens is 1150 g/mol. The largest absolute Gasteiger partial charge is 0.396 e.